The lowest BCUT2D eigenvalue weighted by atomic mass is 9.97. The monoisotopic (exact) mass is 265 g/mol. The molecule has 86 valence electrons. The third kappa shape index (κ3) is 1.25. The predicted octanol–water partition coefficient (Wildman–Crippen LogP) is 2.27. The zero-order valence-electron chi connectivity index (χ0n) is 8.85. The van der Waals surface area contributed by atoms with Gasteiger partial charge in [-0.05, 0) is 41.7 Å². The van der Waals surface area contributed by atoms with Crippen LogP contribution >= 0.6 is 22.9 Å². The maximum absolute atomic E-state index is 6.26. The number of nitrogens with zero attached hydrogens (tertiary/aromatic N) is 5. The molecular weight excluding hydrogens is 258 g/mol. The second-order valence-corrected chi connectivity index (χ2v) is 5.63. The zero-order valence-corrected chi connectivity index (χ0v) is 10.4. The fraction of sp³-hybridized carbons (Fsp3) is 0.400. The van der Waals surface area contributed by atoms with E-state index in [1.54, 1.807) is 15.9 Å². The molecule has 0 aromatic carbocycles. The molecule has 1 aliphatic carbocycles. The minimum Gasteiger partial charge on any atom is -0.197 e. The average Bonchev–Trinajstić information content (AvgIpc) is 2.91. The summed E-state index contributed by atoms with van der Waals surface area (Å²) in [4.78, 5) is 6.68. The first-order valence-corrected chi connectivity index (χ1v) is 6.72. The van der Waals surface area contributed by atoms with Crippen molar-refractivity contribution in [2.75, 3.05) is 0 Å². The number of tetrazole rings is 1. The second-order valence-electron chi connectivity index (χ2n) is 4.18. The van der Waals surface area contributed by atoms with E-state index >= 15 is 0 Å². The maximum Gasteiger partial charge on any atom is 0.276 e. The Kier molecular flexibility index (Phi) is 1.93. The van der Waals surface area contributed by atoms with Gasteiger partial charge in [0.25, 0.3) is 5.78 Å². The van der Waals surface area contributed by atoms with Crippen LogP contribution in [0.3, 0.4) is 0 Å². The first-order chi connectivity index (χ1) is 8.34. The third-order valence-electron chi connectivity index (χ3n) is 3.20. The van der Waals surface area contributed by atoms with E-state index in [1.165, 1.54) is 23.3 Å². The lowest BCUT2D eigenvalue weighted by Crippen LogP contribution is -1.99. The highest BCUT2D eigenvalue weighted by Crippen LogP contribution is 2.38. The van der Waals surface area contributed by atoms with Crippen molar-refractivity contribution in [3.8, 4) is 0 Å². The van der Waals surface area contributed by atoms with Crippen molar-refractivity contribution in [1.82, 2.24) is 25.0 Å². The van der Waals surface area contributed by atoms with Gasteiger partial charge in [-0.3, -0.25) is 0 Å². The minimum absolute atomic E-state index is 0.473. The summed E-state index contributed by atoms with van der Waals surface area (Å²) < 4.78 is 1.68. The summed E-state index contributed by atoms with van der Waals surface area (Å²) in [7, 11) is 0. The lowest BCUT2D eigenvalue weighted by Gasteiger charge is -2.10. The van der Waals surface area contributed by atoms with E-state index in [-0.39, 0.29) is 0 Å². The molecule has 0 radical (unpaired) electrons. The van der Waals surface area contributed by atoms with E-state index in [4.69, 9.17) is 11.6 Å². The number of aryl methyl sites for hydroxylation is 2. The Bertz CT molecular complexity index is 731. The molecule has 3 aromatic heterocycles. The topological polar surface area (TPSA) is 56.0 Å². The zero-order chi connectivity index (χ0) is 11.4. The van der Waals surface area contributed by atoms with E-state index in [0.717, 1.165) is 23.1 Å². The van der Waals surface area contributed by atoms with E-state index < -0.39 is 0 Å². The normalized spacial score (nSPS) is 15.6. The van der Waals surface area contributed by atoms with Crippen LogP contribution in [0.15, 0.2) is 0 Å². The van der Waals surface area contributed by atoms with Crippen LogP contribution in [0.4, 0.5) is 0 Å². The van der Waals surface area contributed by atoms with Crippen LogP contribution in [0.1, 0.15) is 23.3 Å². The number of rotatable bonds is 0. The summed E-state index contributed by atoms with van der Waals surface area (Å²) in [5, 5.41) is 13.0. The van der Waals surface area contributed by atoms with Gasteiger partial charge in [0.15, 0.2) is 0 Å². The van der Waals surface area contributed by atoms with Gasteiger partial charge in [-0.25, -0.2) is 0 Å². The molecule has 0 amide bonds. The third-order valence-corrected chi connectivity index (χ3v) is 4.74. The summed E-state index contributed by atoms with van der Waals surface area (Å²) in [5.41, 5.74) is 1.35. The molecule has 0 fully saturated rings. The van der Waals surface area contributed by atoms with Gasteiger partial charge in [-0.2, -0.15) is 9.50 Å². The van der Waals surface area contributed by atoms with Crippen LogP contribution in [-0.2, 0) is 12.8 Å². The number of hydrogen-bond acceptors (Lipinski definition) is 5. The summed E-state index contributed by atoms with van der Waals surface area (Å²) in [6.45, 7) is 0. The van der Waals surface area contributed by atoms with Crippen molar-refractivity contribution in [1.29, 1.82) is 0 Å². The summed E-state index contributed by atoms with van der Waals surface area (Å²) in [6, 6.07) is 0. The second kappa shape index (κ2) is 3.36. The number of aromatic nitrogens is 5. The molecule has 7 heteroatoms. The fourth-order valence-electron chi connectivity index (χ4n) is 2.44. The molecule has 0 aliphatic heterocycles. The van der Waals surface area contributed by atoms with Gasteiger partial charge in [0.2, 0.25) is 0 Å². The van der Waals surface area contributed by atoms with E-state index in [0.29, 0.717) is 10.9 Å². The van der Waals surface area contributed by atoms with Crippen LogP contribution in [0, 0.1) is 0 Å². The molecule has 3 heterocycles. The molecular formula is C10H8ClN5S. The number of halogens is 1. The Morgan fingerprint density at radius 3 is 3.06 bits per heavy atom. The molecule has 0 bridgehead atoms. The van der Waals surface area contributed by atoms with E-state index in [2.05, 4.69) is 20.5 Å². The standard InChI is InChI=1S/C10H8ClN5S/c11-8-7-5-3-1-2-4-6(5)17-9(7)16-10(12-8)13-14-15-16/h1-4H2. The Morgan fingerprint density at radius 2 is 2.12 bits per heavy atom. The molecule has 0 saturated heterocycles. The van der Waals surface area contributed by atoms with Gasteiger partial charge >= 0.3 is 0 Å². The molecule has 3 aromatic rings. The fourth-order valence-corrected chi connectivity index (χ4v) is 4.11. The molecule has 0 spiro atoms. The molecule has 0 atom stereocenters. The molecule has 5 nitrogen and oxygen atoms in total. The van der Waals surface area contributed by atoms with Crippen molar-refractivity contribution >= 4 is 38.9 Å². The first kappa shape index (κ1) is 9.73. The summed E-state index contributed by atoms with van der Waals surface area (Å²) in [5.74, 6) is 0.473. The summed E-state index contributed by atoms with van der Waals surface area (Å²) in [6.07, 6.45) is 4.70. The highest BCUT2D eigenvalue weighted by Gasteiger charge is 2.21. The van der Waals surface area contributed by atoms with Gasteiger partial charge in [-0.15, -0.1) is 11.3 Å². The summed E-state index contributed by atoms with van der Waals surface area (Å²) >= 11 is 8.00. The number of fused-ring (bicyclic) bond motifs is 5. The SMILES string of the molecule is Clc1nc2nnnn2c2sc3c(c12)CCCC3. The highest BCUT2D eigenvalue weighted by atomic mass is 35.5. The van der Waals surface area contributed by atoms with Crippen molar-refractivity contribution < 1.29 is 0 Å². The minimum atomic E-state index is 0.473. The number of thiophene rings is 1. The highest BCUT2D eigenvalue weighted by molar-refractivity contribution is 7.19. The van der Waals surface area contributed by atoms with Gasteiger partial charge in [-0.1, -0.05) is 16.7 Å². The van der Waals surface area contributed by atoms with E-state index in [1.807, 2.05) is 0 Å². The molecule has 0 saturated carbocycles. The Balaban J connectivity index is 2.22. The largest absolute Gasteiger partial charge is 0.276 e. The van der Waals surface area contributed by atoms with Crippen molar-refractivity contribution in [3.63, 3.8) is 0 Å². The molecule has 1 aliphatic rings. The first-order valence-electron chi connectivity index (χ1n) is 5.52. The smallest absolute Gasteiger partial charge is 0.197 e. The molecule has 4 rings (SSSR count). The number of hydrogen-bond donors (Lipinski definition) is 0. The van der Waals surface area contributed by atoms with E-state index in [9.17, 15) is 0 Å². The maximum atomic E-state index is 6.26. The Hall–Kier alpha value is -1.27. The van der Waals surface area contributed by atoms with Gasteiger partial charge < -0.3 is 0 Å². The van der Waals surface area contributed by atoms with Gasteiger partial charge in [0.05, 0.1) is 5.39 Å². The molecule has 0 N–H and O–H groups in total. The van der Waals surface area contributed by atoms with Crippen molar-refractivity contribution in [3.05, 3.63) is 15.6 Å². The van der Waals surface area contributed by atoms with Crippen molar-refractivity contribution in [2.45, 2.75) is 25.7 Å². The Morgan fingerprint density at radius 1 is 1.24 bits per heavy atom. The van der Waals surface area contributed by atoms with Crippen LogP contribution in [-0.4, -0.2) is 25.0 Å². The van der Waals surface area contributed by atoms with Crippen LogP contribution < -0.4 is 0 Å². The van der Waals surface area contributed by atoms with Gasteiger partial charge in [0.1, 0.15) is 9.98 Å². The Labute approximate surface area is 105 Å². The average molecular weight is 266 g/mol. The quantitative estimate of drug-likeness (QED) is 0.585. The molecule has 0 unspecified atom stereocenters. The van der Waals surface area contributed by atoms with Crippen LogP contribution in [0.25, 0.3) is 16.0 Å². The van der Waals surface area contributed by atoms with Crippen LogP contribution in [0.5, 0.6) is 0 Å². The predicted molar refractivity (Wildman–Crippen MR) is 65.6 cm³/mol. The van der Waals surface area contributed by atoms with Crippen LogP contribution in [0.2, 0.25) is 5.15 Å². The van der Waals surface area contributed by atoms with Gasteiger partial charge in [0, 0.05) is 4.88 Å². The molecule has 17 heavy (non-hydrogen) atoms. The van der Waals surface area contributed by atoms with Crippen molar-refractivity contribution in [2.24, 2.45) is 0 Å². The lowest BCUT2D eigenvalue weighted by molar-refractivity contribution is 0.700.